The zero-order valence-corrected chi connectivity index (χ0v) is 23.1. The van der Waals surface area contributed by atoms with Gasteiger partial charge in [0.1, 0.15) is 25.3 Å². The van der Waals surface area contributed by atoms with Crippen LogP contribution in [0.3, 0.4) is 0 Å². The molecule has 5 atom stereocenters. The van der Waals surface area contributed by atoms with Gasteiger partial charge in [-0.15, -0.1) is 0 Å². The molecule has 18 nitrogen and oxygen atoms in total. The van der Waals surface area contributed by atoms with E-state index in [1.807, 2.05) is 0 Å². The first kappa shape index (κ1) is 36.3. The molecule has 0 radical (unpaired) electrons. The van der Waals surface area contributed by atoms with E-state index in [4.69, 9.17) is 44.9 Å². The number of rotatable bonds is 20. The molecule has 0 aliphatic carbocycles. The van der Waals surface area contributed by atoms with Gasteiger partial charge in [0.05, 0.1) is 13.2 Å². The molecule has 0 rings (SSSR count). The summed E-state index contributed by atoms with van der Waals surface area (Å²) in [5.74, 6) is -5.43. The van der Waals surface area contributed by atoms with E-state index in [-0.39, 0.29) is 12.8 Å². The van der Waals surface area contributed by atoms with Crippen LogP contribution in [0.15, 0.2) is 0 Å². The number of nitrogens with two attached hydrogens (primary N) is 2. The van der Waals surface area contributed by atoms with E-state index in [9.17, 15) is 38.2 Å². The number of carboxylic acids is 2. The molecule has 0 saturated carbocycles. The van der Waals surface area contributed by atoms with E-state index < -0.39 is 106 Å². The van der Waals surface area contributed by atoms with E-state index >= 15 is 0 Å². The maximum Gasteiger partial charge on any atom is 0.472 e. The lowest BCUT2D eigenvalue weighted by Crippen LogP contribution is -2.40. The molecule has 7 N–H and O–H groups in total. The van der Waals surface area contributed by atoms with Gasteiger partial charge in [-0.1, -0.05) is 0 Å². The number of halogens is 1. The summed E-state index contributed by atoms with van der Waals surface area (Å²) in [6, 6.07) is -2.77. The molecule has 224 valence electrons. The van der Waals surface area contributed by atoms with E-state index in [2.05, 4.69) is 20.7 Å². The van der Waals surface area contributed by atoms with Crippen LogP contribution >= 0.6 is 23.8 Å². The highest BCUT2D eigenvalue weighted by Crippen LogP contribution is 2.43. The fraction of sp³-hybridized carbons (Fsp3) is 0.684. The summed E-state index contributed by atoms with van der Waals surface area (Å²) >= 11 is 2.47. The van der Waals surface area contributed by atoms with Crippen molar-refractivity contribution in [2.24, 2.45) is 11.5 Å². The summed E-state index contributed by atoms with van der Waals surface area (Å²) in [7, 11) is -4.95. The second-order valence-electron chi connectivity index (χ2n) is 7.61. The first-order valence-electron chi connectivity index (χ1n) is 11.0. The van der Waals surface area contributed by atoms with Crippen molar-refractivity contribution in [3.05, 3.63) is 0 Å². The van der Waals surface area contributed by atoms with Crippen molar-refractivity contribution in [3.63, 3.8) is 0 Å². The summed E-state index contributed by atoms with van der Waals surface area (Å²) in [6.07, 6.45) is -4.41. The van der Waals surface area contributed by atoms with Crippen LogP contribution < -0.4 is 11.5 Å². The number of phosphoric acid groups is 1. The molecule has 0 heterocycles. The smallest absolute Gasteiger partial charge is 0.472 e. The van der Waals surface area contributed by atoms with Crippen LogP contribution in [-0.4, -0.2) is 101 Å². The molecular weight excluding hydrogens is 623 g/mol. The van der Waals surface area contributed by atoms with E-state index in [1.54, 1.807) is 0 Å². The van der Waals surface area contributed by atoms with Crippen molar-refractivity contribution in [1.29, 1.82) is 0 Å². The Morgan fingerprint density at radius 3 is 1.64 bits per heavy atom. The number of ether oxygens (including phenoxy) is 4. The predicted octanol–water partition coefficient (Wildman–Crippen LogP) is -0.578. The summed E-state index contributed by atoms with van der Waals surface area (Å²) in [4.78, 5) is 76.5. The highest BCUT2D eigenvalue weighted by Gasteiger charge is 2.30. The average Bonchev–Trinajstić information content (AvgIpc) is 2.83. The number of hydrogen-bond donors (Lipinski definition) is 5. The molecule has 0 aliphatic heterocycles. The van der Waals surface area contributed by atoms with Crippen molar-refractivity contribution < 1.29 is 76.4 Å². The molecule has 0 fully saturated rings. The van der Waals surface area contributed by atoms with Gasteiger partial charge < -0.3 is 45.5 Å². The van der Waals surface area contributed by atoms with Gasteiger partial charge in [0.25, 0.3) is 0 Å². The number of carboxylic acid groups (broad SMARTS) is 2. The highest BCUT2D eigenvalue weighted by molar-refractivity contribution is 9.18. The Hall–Kier alpha value is -2.67. The molecule has 39 heavy (non-hydrogen) atoms. The first-order valence-corrected chi connectivity index (χ1v) is 13.2. The molecule has 0 bridgehead atoms. The minimum atomic E-state index is -4.95. The van der Waals surface area contributed by atoms with Gasteiger partial charge in [-0.2, -0.15) is 0 Å². The lowest BCUT2D eigenvalue weighted by atomic mass is 10.1. The summed E-state index contributed by atoms with van der Waals surface area (Å²) < 4.78 is 40.9. The minimum Gasteiger partial charge on any atom is -0.481 e. The largest absolute Gasteiger partial charge is 0.481 e. The summed E-state index contributed by atoms with van der Waals surface area (Å²) in [5, 5.41) is 17.4. The Kier molecular flexibility index (Phi) is 17.3. The maximum atomic E-state index is 12.3. The van der Waals surface area contributed by atoms with Crippen LogP contribution in [-0.2, 0) is 56.5 Å². The molecule has 2 unspecified atom stereocenters. The normalized spacial score (nSPS) is 15.5. The number of esters is 3. The molecule has 0 aromatic rings. The second kappa shape index (κ2) is 18.6. The molecule has 0 spiro atoms. The third kappa shape index (κ3) is 19.1. The molecule has 0 amide bonds. The quantitative estimate of drug-likeness (QED) is 0.0475. The Balaban J connectivity index is 5.24. The zero-order chi connectivity index (χ0) is 30.2. The first-order chi connectivity index (χ1) is 18.0. The molecule has 0 aliphatic rings. The number of carbonyl (C=O) groups excluding carboxylic acids is 4. The van der Waals surface area contributed by atoms with E-state index in [1.165, 1.54) is 0 Å². The SMILES string of the molecule is CC(=O)OC[C@H](COP(=O)(O)OCC(COC(=O)[C@@H](N)CCC(=O)O)OC(=O)[C@@H](N)CCC(=O)O)OC(=O)Br. The van der Waals surface area contributed by atoms with Crippen LogP contribution in [0.1, 0.15) is 32.6 Å². The number of hydrogen-bond acceptors (Lipinski definition) is 15. The minimum absolute atomic E-state index is 0.275. The van der Waals surface area contributed by atoms with Gasteiger partial charge in [-0.05, 0) is 12.8 Å². The van der Waals surface area contributed by atoms with Crippen LogP contribution in [0.2, 0.25) is 0 Å². The van der Waals surface area contributed by atoms with Crippen LogP contribution in [0.25, 0.3) is 0 Å². The molecule has 0 aromatic carbocycles. The Bertz CT molecular complexity index is 918. The van der Waals surface area contributed by atoms with Gasteiger partial charge in [-0.3, -0.25) is 33.0 Å². The zero-order valence-electron chi connectivity index (χ0n) is 20.6. The van der Waals surface area contributed by atoms with Gasteiger partial charge in [0.15, 0.2) is 12.2 Å². The third-order valence-electron chi connectivity index (χ3n) is 4.22. The molecule has 0 aromatic heterocycles. The summed E-state index contributed by atoms with van der Waals surface area (Å²) in [6.45, 7) is -1.95. The average molecular weight is 653 g/mol. The summed E-state index contributed by atoms with van der Waals surface area (Å²) in [5.41, 5.74) is 11.1. The highest BCUT2D eigenvalue weighted by atomic mass is 79.9. The van der Waals surface area contributed by atoms with Gasteiger partial charge in [-0.25, -0.2) is 9.36 Å². The number of carbonyl (C=O) groups is 6. The molecular formula is C19H30BrN2O16P. The van der Waals surface area contributed by atoms with E-state index in [0.29, 0.717) is 0 Å². The van der Waals surface area contributed by atoms with Crippen molar-refractivity contribution in [1.82, 2.24) is 0 Å². The van der Waals surface area contributed by atoms with Crippen LogP contribution in [0, 0.1) is 0 Å². The predicted molar refractivity (Wildman–Crippen MR) is 128 cm³/mol. The Morgan fingerprint density at radius 1 is 0.769 bits per heavy atom. The number of aliphatic carboxylic acids is 2. The Labute approximate surface area is 229 Å². The van der Waals surface area contributed by atoms with Crippen molar-refractivity contribution in [3.8, 4) is 0 Å². The Morgan fingerprint density at radius 2 is 1.21 bits per heavy atom. The monoisotopic (exact) mass is 652 g/mol. The number of phosphoric ester groups is 1. The fourth-order valence-corrected chi connectivity index (χ4v) is 3.34. The van der Waals surface area contributed by atoms with Gasteiger partial charge >= 0.3 is 42.5 Å². The standard InChI is InChI=1S/C19H30BrN2O16P/c1-10(23)33-6-12(38-19(20)30)9-36-39(31,32)35-8-11(37-18(29)14(22)3-5-16(26)27)7-34-17(28)13(21)2-4-15(24)25/h11-14H,2-9,21-22H2,1H3,(H,24,25)(H,26,27)(H,31,32)/t11?,12-,13+,14+/m1/s1. The molecule has 0 saturated heterocycles. The lowest BCUT2D eigenvalue weighted by molar-refractivity contribution is -0.163. The van der Waals surface area contributed by atoms with E-state index in [0.717, 1.165) is 6.92 Å². The lowest BCUT2D eigenvalue weighted by Gasteiger charge is -2.22. The second-order valence-corrected chi connectivity index (χ2v) is 9.71. The van der Waals surface area contributed by atoms with Crippen LogP contribution in [0.5, 0.6) is 0 Å². The van der Waals surface area contributed by atoms with Gasteiger partial charge in [0.2, 0.25) is 0 Å². The van der Waals surface area contributed by atoms with Crippen molar-refractivity contribution >= 4 is 58.5 Å². The maximum absolute atomic E-state index is 12.3. The van der Waals surface area contributed by atoms with Crippen LogP contribution in [0.4, 0.5) is 4.79 Å². The van der Waals surface area contributed by atoms with Crippen molar-refractivity contribution in [2.75, 3.05) is 26.4 Å². The topological polar surface area (TPSA) is 288 Å². The van der Waals surface area contributed by atoms with Crippen molar-refractivity contribution in [2.45, 2.75) is 56.9 Å². The molecule has 20 heteroatoms. The third-order valence-corrected chi connectivity index (χ3v) is 5.35. The fourth-order valence-electron chi connectivity index (χ4n) is 2.29. The van der Waals surface area contributed by atoms with Gasteiger partial charge in [0, 0.05) is 35.7 Å².